The third-order valence-electron chi connectivity index (χ3n) is 5.33. The Kier molecular flexibility index (Phi) is 4.22. The summed E-state index contributed by atoms with van der Waals surface area (Å²) in [6.07, 6.45) is -9.11. The van der Waals surface area contributed by atoms with Gasteiger partial charge < -0.3 is 14.7 Å². The van der Waals surface area contributed by atoms with Crippen LogP contribution in [0.1, 0.15) is 27.8 Å². The van der Waals surface area contributed by atoms with E-state index < -0.39 is 23.5 Å². The lowest BCUT2D eigenvalue weighted by Crippen LogP contribution is -2.48. The van der Waals surface area contributed by atoms with Gasteiger partial charge >= 0.3 is 12.4 Å². The Morgan fingerprint density at radius 1 is 0.759 bits per heavy atom. The topological polar surface area (TPSA) is 9.72 Å². The third kappa shape index (κ3) is 3.26. The van der Waals surface area contributed by atoms with Gasteiger partial charge in [0, 0.05) is 32.9 Å². The average Bonchev–Trinajstić information content (AvgIpc) is 2.58. The molecule has 9 heteroatoms. The molecule has 2 bridgehead atoms. The molecule has 29 heavy (non-hydrogen) atoms. The fourth-order valence-electron chi connectivity index (χ4n) is 4.23. The quantitative estimate of drug-likeness (QED) is 0.578. The number of hydrogen-bond donors (Lipinski definition) is 0. The Balaban J connectivity index is 1.91. The van der Waals surface area contributed by atoms with Crippen LogP contribution in [0.5, 0.6) is 0 Å². The van der Waals surface area contributed by atoms with Gasteiger partial charge in [0.2, 0.25) is 0 Å². The van der Waals surface area contributed by atoms with Crippen molar-refractivity contribution >= 4 is 17.1 Å². The summed E-state index contributed by atoms with van der Waals surface area (Å²) in [6.45, 7) is 1.52. The number of benzene rings is 2. The molecule has 0 unspecified atom stereocenters. The standard InChI is InChI=1S/C20H19F6N3/c1-11-4-12-8-28-10-29(17(12)15(5-11)19(21,22)23)9-13-6-14(27(2)3)7-16(18(13)28)20(24,25)26/h4-7H,8-10H2,1-3H3. The maximum atomic E-state index is 13.8. The van der Waals surface area contributed by atoms with E-state index in [1.54, 1.807) is 38.1 Å². The molecule has 2 aliphatic rings. The molecular formula is C20H19F6N3. The van der Waals surface area contributed by atoms with E-state index in [-0.39, 0.29) is 31.1 Å². The SMILES string of the molecule is Cc1cc2c(c(C(F)(F)F)c1)N1Cc3cc(N(C)C)cc(C(F)(F)F)c3N(C2)C1. The Labute approximate surface area is 164 Å². The predicted octanol–water partition coefficient (Wildman–Crippen LogP) is 5.40. The molecule has 0 saturated carbocycles. The minimum Gasteiger partial charge on any atom is -0.378 e. The second-order valence-corrected chi connectivity index (χ2v) is 7.75. The van der Waals surface area contributed by atoms with Crippen molar-refractivity contribution in [3.8, 4) is 0 Å². The summed E-state index contributed by atoms with van der Waals surface area (Å²) >= 11 is 0. The van der Waals surface area contributed by atoms with E-state index in [1.807, 2.05) is 0 Å². The maximum absolute atomic E-state index is 13.8. The zero-order valence-electron chi connectivity index (χ0n) is 16.0. The molecule has 2 aromatic rings. The average molecular weight is 415 g/mol. The third-order valence-corrected chi connectivity index (χ3v) is 5.33. The van der Waals surface area contributed by atoms with Gasteiger partial charge in [0.1, 0.15) is 0 Å². The van der Waals surface area contributed by atoms with Crippen LogP contribution in [0.4, 0.5) is 43.4 Å². The van der Waals surface area contributed by atoms with Gasteiger partial charge in [0.05, 0.1) is 29.2 Å². The molecule has 0 fully saturated rings. The number of nitrogens with zero attached hydrogens (tertiary/aromatic N) is 3. The minimum absolute atomic E-state index is 0.00597. The summed E-state index contributed by atoms with van der Waals surface area (Å²) in [5, 5.41) is 0. The Hall–Kier alpha value is -2.58. The highest BCUT2D eigenvalue weighted by Gasteiger charge is 2.43. The van der Waals surface area contributed by atoms with Crippen LogP contribution in [0.15, 0.2) is 24.3 Å². The molecular weight excluding hydrogens is 396 g/mol. The van der Waals surface area contributed by atoms with Crippen molar-refractivity contribution in [3.63, 3.8) is 0 Å². The summed E-state index contributed by atoms with van der Waals surface area (Å²) in [7, 11) is 3.26. The lowest BCUT2D eigenvalue weighted by atomic mass is 9.94. The van der Waals surface area contributed by atoms with Crippen molar-refractivity contribution in [1.29, 1.82) is 0 Å². The fraction of sp³-hybridized carbons (Fsp3) is 0.400. The Morgan fingerprint density at radius 2 is 1.24 bits per heavy atom. The number of hydrogen-bond acceptors (Lipinski definition) is 3. The molecule has 0 amide bonds. The Bertz CT molecular complexity index is 978. The molecule has 2 aliphatic heterocycles. The zero-order chi connectivity index (χ0) is 21.3. The van der Waals surface area contributed by atoms with Crippen molar-refractivity contribution < 1.29 is 26.3 Å². The number of anilines is 3. The highest BCUT2D eigenvalue weighted by atomic mass is 19.4. The molecule has 0 aromatic heterocycles. The zero-order valence-corrected chi connectivity index (χ0v) is 16.0. The molecule has 0 saturated heterocycles. The van der Waals surface area contributed by atoms with E-state index in [2.05, 4.69) is 0 Å². The highest BCUT2D eigenvalue weighted by molar-refractivity contribution is 5.75. The normalized spacial score (nSPS) is 15.9. The maximum Gasteiger partial charge on any atom is 0.418 e. The summed E-state index contributed by atoms with van der Waals surface area (Å²) in [4.78, 5) is 4.59. The summed E-state index contributed by atoms with van der Waals surface area (Å²) in [5.74, 6) is 0. The lowest BCUT2D eigenvalue weighted by Gasteiger charge is -2.46. The van der Waals surface area contributed by atoms with Crippen LogP contribution in [0.3, 0.4) is 0 Å². The molecule has 2 heterocycles. The summed E-state index contributed by atoms with van der Waals surface area (Å²) < 4.78 is 82.5. The van der Waals surface area contributed by atoms with Gasteiger partial charge in [0.15, 0.2) is 0 Å². The smallest absolute Gasteiger partial charge is 0.378 e. The molecule has 0 radical (unpaired) electrons. The van der Waals surface area contributed by atoms with E-state index in [0.29, 0.717) is 22.4 Å². The molecule has 3 nitrogen and oxygen atoms in total. The lowest BCUT2D eigenvalue weighted by molar-refractivity contribution is -0.137. The first kappa shape index (κ1) is 19.7. The van der Waals surface area contributed by atoms with Crippen LogP contribution < -0.4 is 14.7 Å². The number of rotatable bonds is 1. The number of aryl methyl sites for hydroxylation is 1. The summed E-state index contributed by atoms with van der Waals surface area (Å²) in [6, 6.07) is 5.44. The van der Waals surface area contributed by atoms with Crippen LogP contribution in [0.25, 0.3) is 0 Å². The molecule has 0 atom stereocenters. The second kappa shape index (κ2) is 6.21. The summed E-state index contributed by atoms with van der Waals surface area (Å²) in [5.41, 5.74) is 0.166. The number of alkyl halides is 6. The van der Waals surface area contributed by atoms with Gasteiger partial charge in [-0.3, -0.25) is 0 Å². The van der Waals surface area contributed by atoms with E-state index in [4.69, 9.17) is 0 Å². The van der Waals surface area contributed by atoms with Crippen molar-refractivity contribution in [3.05, 3.63) is 52.1 Å². The molecule has 0 spiro atoms. The monoisotopic (exact) mass is 415 g/mol. The number of fused-ring (bicyclic) bond motifs is 6. The molecule has 0 aliphatic carbocycles. The van der Waals surface area contributed by atoms with Gasteiger partial charge in [-0.1, -0.05) is 11.6 Å². The first-order valence-electron chi connectivity index (χ1n) is 8.98. The Morgan fingerprint density at radius 3 is 1.72 bits per heavy atom. The molecule has 156 valence electrons. The van der Waals surface area contributed by atoms with E-state index in [1.165, 1.54) is 9.80 Å². The van der Waals surface area contributed by atoms with Gasteiger partial charge in [-0.05, 0) is 36.2 Å². The van der Waals surface area contributed by atoms with Crippen molar-refractivity contribution in [1.82, 2.24) is 0 Å². The van der Waals surface area contributed by atoms with Crippen molar-refractivity contribution in [2.45, 2.75) is 32.4 Å². The van der Waals surface area contributed by atoms with Crippen LogP contribution in [-0.2, 0) is 25.4 Å². The molecule has 2 aromatic carbocycles. The minimum atomic E-state index is -4.57. The van der Waals surface area contributed by atoms with Crippen LogP contribution in [0.2, 0.25) is 0 Å². The van der Waals surface area contributed by atoms with Gasteiger partial charge in [-0.15, -0.1) is 0 Å². The fourth-order valence-corrected chi connectivity index (χ4v) is 4.23. The van der Waals surface area contributed by atoms with E-state index >= 15 is 0 Å². The van der Waals surface area contributed by atoms with Gasteiger partial charge in [-0.2, -0.15) is 26.3 Å². The van der Waals surface area contributed by atoms with Crippen LogP contribution in [-0.4, -0.2) is 20.8 Å². The van der Waals surface area contributed by atoms with Crippen LogP contribution in [0, 0.1) is 6.92 Å². The second-order valence-electron chi connectivity index (χ2n) is 7.75. The van der Waals surface area contributed by atoms with Crippen molar-refractivity contribution in [2.75, 3.05) is 35.5 Å². The largest absolute Gasteiger partial charge is 0.418 e. The van der Waals surface area contributed by atoms with Crippen LogP contribution >= 0.6 is 0 Å². The van der Waals surface area contributed by atoms with Gasteiger partial charge in [-0.25, -0.2) is 0 Å². The van der Waals surface area contributed by atoms with Gasteiger partial charge in [0.25, 0.3) is 0 Å². The first-order chi connectivity index (χ1) is 13.4. The van der Waals surface area contributed by atoms with Crippen molar-refractivity contribution in [2.24, 2.45) is 0 Å². The molecule has 0 N–H and O–H groups in total. The predicted molar refractivity (Wildman–Crippen MR) is 99.2 cm³/mol. The van der Waals surface area contributed by atoms with E-state index in [9.17, 15) is 26.3 Å². The molecule has 4 rings (SSSR count). The highest BCUT2D eigenvalue weighted by Crippen LogP contribution is 2.49. The van der Waals surface area contributed by atoms with E-state index in [0.717, 1.165) is 12.1 Å². The first-order valence-corrected chi connectivity index (χ1v) is 8.98. The number of halogens is 6.